The number of hydrogen-bond donors (Lipinski definition) is 4. The van der Waals surface area contributed by atoms with Gasteiger partial charge in [-0.3, -0.25) is 4.79 Å². The van der Waals surface area contributed by atoms with Crippen molar-refractivity contribution < 1.29 is 48.6 Å². The number of carbonyl (C=O) groups excluding carboxylic acids is 1. The van der Waals surface area contributed by atoms with Gasteiger partial charge >= 0.3 is 5.97 Å². The van der Waals surface area contributed by atoms with E-state index in [1.807, 2.05) is 6.07 Å². The Morgan fingerprint density at radius 1 is 0.780 bits per heavy atom. The predicted octanol–water partition coefficient (Wildman–Crippen LogP) is 3.95. The SMILES string of the molecule is O=C(/C=C/c1ccc(O)c(O)c1)OCCOCCOCCOc1c(-c2ccccc2)oc2cc(O)cc(O)c2c1=O. The molecule has 0 radical (unpaired) electrons. The van der Waals surface area contributed by atoms with Crippen molar-refractivity contribution in [2.75, 3.05) is 39.6 Å². The lowest BCUT2D eigenvalue weighted by Gasteiger charge is -2.13. The maximum Gasteiger partial charge on any atom is 0.330 e. The van der Waals surface area contributed by atoms with Crippen molar-refractivity contribution in [3.8, 4) is 40.1 Å². The highest BCUT2D eigenvalue weighted by molar-refractivity contribution is 5.88. The van der Waals surface area contributed by atoms with Crippen LogP contribution in [0, 0.1) is 0 Å². The van der Waals surface area contributed by atoms with E-state index in [-0.39, 0.29) is 79.4 Å². The number of rotatable bonds is 13. The van der Waals surface area contributed by atoms with Crippen LogP contribution in [0.1, 0.15) is 5.56 Å². The van der Waals surface area contributed by atoms with E-state index in [0.717, 1.165) is 6.07 Å². The largest absolute Gasteiger partial charge is 0.508 e. The van der Waals surface area contributed by atoms with Crippen molar-refractivity contribution in [3.63, 3.8) is 0 Å². The van der Waals surface area contributed by atoms with Crippen LogP contribution < -0.4 is 10.2 Å². The second-order valence-electron chi connectivity index (χ2n) is 8.62. The van der Waals surface area contributed by atoms with Gasteiger partial charge in [-0.2, -0.15) is 0 Å². The molecule has 0 bridgehead atoms. The van der Waals surface area contributed by atoms with Crippen molar-refractivity contribution in [1.82, 2.24) is 0 Å². The lowest BCUT2D eigenvalue weighted by atomic mass is 10.1. The van der Waals surface area contributed by atoms with Crippen LogP contribution in [-0.2, 0) is 19.0 Å². The van der Waals surface area contributed by atoms with Crippen LogP contribution in [0.5, 0.6) is 28.7 Å². The molecule has 0 aliphatic carbocycles. The van der Waals surface area contributed by atoms with Gasteiger partial charge in [0.05, 0.1) is 26.4 Å². The summed E-state index contributed by atoms with van der Waals surface area (Å²) in [5.41, 5.74) is 0.531. The molecule has 0 saturated heterocycles. The summed E-state index contributed by atoms with van der Waals surface area (Å²) in [5.74, 6) is -1.75. The van der Waals surface area contributed by atoms with E-state index >= 15 is 0 Å². The van der Waals surface area contributed by atoms with E-state index in [9.17, 15) is 30.0 Å². The van der Waals surface area contributed by atoms with Crippen molar-refractivity contribution in [2.24, 2.45) is 0 Å². The summed E-state index contributed by atoms with van der Waals surface area (Å²) in [6, 6.07) is 15.3. The molecule has 4 N–H and O–H groups in total. The number of ether oxygens (including phenoxy) is 4. The smallest absolute Gasteiger partial charge is 0.330 e. The van der Waals surface area contributed by atoms with E-state index in [4.69, 9.17) is 23.4 Å². The molecule has 1 aromatic heterocycles. The van der Waals surface area contributed by atoms with Crippen LogP contribution in [0.15, 0.2) is 76.0 Å². The Morgan fingerprint density at radius 2 is 1.49 bits per heavy atom. The van der Waals surface area contributed by atoms with Gasteiger partial charge in [-0.1, -0.05) is 36.4 Å². The molecule has 4 rings (SSSR count). The Hall–Kier alpha value is -5.00. The van der Waals surface area contributed by atoms with E-state index < -0.39 is 17.1 Å². The molecule has 11 heteroatoms. The first-order chi connectivity index (χ1) is 19.8. The Kier molecular flexibility index (Phi) is 9.81. The zero-order valence-electron chi connectivity index (χ0n) is 21.8. The van der Waals surface area contributed by atoms with Gasteiger partial charge in [0.2, 0.25) is 11.2 Å². The number of esters is 1. The number of benzene rings is 3. The minimum atomic E-state index is -0.590. The monoisotopic (exact) mass is 564 g/mol. The molecule has 3 aromatic carbocycles. The van der Waals surface area contributed by atoms with Crippen molar-refractivity contribution >= 4 is 23.0 Å². The number of phenols is 4. The third-order valence-electron chi connectivity index (χ3n) is 5.68. The summed E-state index contributed by atoms with van der Waals surface area (Å²) in [6.45, 7) is 0.764. The minimum absolute atomic E-state index is 0.0116. The van der Waals surface area contributed by atoms with E-state index in [0.29, 0.717) is 11.1 Å². The third kappa shape index (κ3) is 7.78. The van der Waals surface area contributed by atoms with Crippen molar-refractivity contribution in [1.29, 1.82) is 0 Å². The first-order valence-corrected chi connectivity index (χ1v) is 12.6. The van der Waals surface area contributed by atoms with Gasteiger partial charge in [-0.05, 0) is 23.8 Å². The van der Waals surface area contributed by atoms with Crippen LogP contribution >= 0.6 is 0 Å². The molecule has 0 atom stereocenters. The summed E-state index contributed by atoms with van der Waals surface area (Å²) in [6.07, 6.45) is 2.63. The zero-order chi connectivity index (χ0) is 29.2. The second-order valence-corrected chi connectivity index (χ2v) is 8.62. The van der Waals surface area contributed by atoms with E-state index in [1.54, 1.807) is 24.3 Å². The molecular weight excluding hydrogens is 536 g/mol. The third-order valence-corrected chi connectivity index (χ3v) is 5.68. The first kappa shape index (κ1) is 29.0. The van der Waals surface area contributed by atoms with Gasteiger partial charge in [0.25, 0.3) is 0 Å². The topological polar surface area (TPSA) is 165 Å². The molecule has 0 spiro atoms. The number of fused-ring (bicyclic) bond motifs is 1. The van der Waals surface area contributed by atoms with Gasteiger partial charge < -0.3 is 43.8 Å². The Labute approximate surface area is 234 Å². The maximum atomic E-state index is 13.2. The molecule has 11 nitrogen and oxygen atoms in total. The van der Waals surface area contributed by atoms with Gasteiger partial charge in [0.15, 0.2) is 17.3 Å². The van der Waals surface area contributed by atoms with Gasteiger partial charge in [0, 0.05) is 23.8 Å². The predicted molar refractivity (Wildman–Crippen MR) is 148 cm³/mol. The van der Waals surface area contributed by atoms with E-state index in [1.165, 1.54) is 36.4 Å². The summed E-state index contributed by atoms with van der Waals surface area (Å²) >= 11 is 0. The molecule has 41 heavy (non-hydrogen) atoms. The molecule has 0 aliphatic rings. The highest BCUT2D eigenvalue weighted by Gasteiger charge is 2.20. The average molecular weight is 565 g/mol. The molecule has 4 aromatic rings. The fourth-order valence-electron chi connectivity index (χ4n) is 3.76. The molecule has 214 valence electrons. The highest BCUT2D eigenvalue weighted by Crippen LogP contribution is 2.35. The Bertz CT molecular complexity index is 1580. The summed E-state index contributed by atoms with van der Waals surface area (Å²) in [5, 5.41) is 38.7. The molecule has 0 amide bonds. The number of hydrogen-bond acceptors (Lipinski definition) is 11. The summed E-state index contributed by atoms with van der Waals surface area (Å²) < 4.78 is 27.4. The molecule has 0 fully saturated rings. The quantitative estimate of drug-likeness (QED) is 0.0804. The minimum Gasteiger partial charge on any atom is -0.508 e. The normalized spacial score (nSPS) is 11.2. The van der Waals surface area contributed by atoms with E-state index in [2.05, 4.69) is 0 Å². The van der Waals surface area contributed by atoms with Crippen LogP contribution in [0.2, 0.25) is 0 Å². The van der Waals surface area contributed by atoms with Gasteiger partial charge in [-0.15, -0.1) is 0 Å². The van der Waals surface area contributed by atoms with Gasteiger partial charge in [0.1, 0.15) is 35.7 Å². The van der Waals surface area contributed by atoms with Crippen molar-refractivity contribution in [3.05, 3.63) is 82.5 Å². The Morgan fingerprint density at radius 3 is 2.22 bits per heavy atom. The number of carbonyl (C=O) groups is 1. The standard InChI is InChI=1S/C30H28O11/c31-21-17-24(34)27-25(18-21)41-29(20-4-2-1-3-5-20)30(28(27)36)40-15-13-38-11-10-37-12-14-39-26(35)9-7-19-6-8-22(32)23(33)16-19/h1-9,16-18,31-34H,10-15H2/b9-7+. The Balaban J connectivity index is 1.20. The maximum absolute atomic E-state index is 13.2. The summed E-state index contributed by atoms with van der Waals surface area (Å²) in [7, 11) is 0. The molecule has 0 saturated carbocycles. The van der Waals surface area contributed by atoms with Crippen LogP contribution in [-0.4, -0.2) is 66.0 Å². The first-order valence-electron chi connectivity index (χ1n) is 12.6. The average Bonchev–Trinajstić information content (AvgIpc) is 2.95. The molecular formula is C30H28O11. The fourth-order valence-corrected chi connectivity index (χ4v) is 3.76. The molecule has 0 aliphatic heterocycles. The lowest BCUT2D eigenvalue weighted by Crippen LogP contribution is -2.16. The zero-order valence-corrected chi connectivity index (χ0v) is 21.8. The van der Waals surface area contributed by atoms with Crippen LogP contribution in [0.25, 0.3) is 28.4 Å². The molecule has 0 unspecified atom stereocenters. The van der Waals surface area contributed by atoms with Crippen LogP contribution in [0.3, 0.4) is 0 Å². The highest BCUT2D eigenvalue weighted by atomic mass is 16.6. The number of phenolic OH excluding ortho intramolecular Hbond substituents is 4. The second kappa shape index (κ2) is 13.9. The van der Waals surface area contributed by atoms with Crippen LogP contribution in [0.4, 0.5) is 0 Å². The summed E-state index contributed by atoms with van der Waals surface area (Å²) in [4.78, 5) is 24.9. The number of aromatic hydroxyl groups is 4. The lowest BCUT2D eigenvalue weighted by molar-refractivity contribution is -0.139. The molecule has 1 heterocycles. The van der Waals surface area contributed by atoms with Crippen molar-refractivity contribution in [2.45, 2.75) is 0 Å². The fraction of sp³-hybridized carbons (Fsp3) is 0.200. The van der Waals surface area contributed by atoms with Gasteiger partial charge in [-0.25, -0.2) is 4.79 Å².